The molecule has 0 spiro atoms. The second kappa shape index (κ2) is 9.71. The van der Waals surface area contributed by atoms with Gasteiger partial charge in [-0.25, -0.2) is 0 Å². The minimum absolute atomic E-state index is 0.0293. The predicted molar refractivity (Wildman–Crippen MR) is 132 cm³/mol. The number of methoxy groups -OCH3 is 1. The Morgan fingerprint density at radius 2 is 1.75 bits per heavy atom. The Kier molecular flexibility index (Phi) is 6.77. The number of carbonyl (C=O) groups excluding carboxylic acids is 1. The van der Waals surface area contributed by atoms with E-state index in [2.05, 4.69) is 45.2 Å². The summed E-state index contributed by atoms with van der Waals surface area (Å²) in [5.74, 6) is 1.48. The molecule has 0 saturated heterocycles. The highest BCUT2D eigenvalue weighted by Crippen LogP contribution is 2.32. The summed E-state index contributed by atoms with van der Waals surface area (Å²) in [6, 6.07) is 23.3. The van der Waals surface area contributed by atoms with Gasteiger partial charge in [-0.3, -0.25) is 9.36 Å². The Balaban J connectivity index is 1.70. The number of Topliss-reactive ketones (excluding diaryl/α,β-unsaturated/α-hetero) is 1. The lowest BCUT2D eigenvalue weighted by atomic mass is 10.1. The van der Waals surface area contributed by atoms with Crippen molar-refractivity contribution < 1.29 is 9.53 Å². The third kappa shape index (κ3) is 4.79. The van der Waals surface area contributed by atoms with Gasteiger partial charge >= 0.3 is 0 Å². The summed E-state index contributed by atoms with van der Waals surface area (Å²) in [6.07, 6.45) is 0. The number of aromatic nitrogens is 3. The lowest BCUT2D eigenvalue weighted by Gasteiger charge is -2.14. The van der Waals surface area contributed by atoms with Crippen LogP contribution in [0.1, 0.15) is 22.8 Å². The van der Waals surface area contributed by atoms with Crippen LogP contribution >= 0.6 is 27.7 Å². The van der Waals surface area contributed by atoms with Crippen LogP contribution in [0.15, 0.2) is 82.4 Å². The fourth-order valence-corrected chi connectivity index (χ4v) is 4.54. The van der Waals surface area contributed by atoms with Crippen LogP contribution in [0.5, 0.6) is 5.75 Å². The van der Waals surface area contributed by atoms with E-state index >= 15 is 0 Å². The topological polar surface area (TPSA) is 57.0 Å². The van der Waals surface area contributed by atoms with Crippen LogP contribution in [0.4, 0.5) is 0 Å². The zero-order valence-corrected chi connectivity index (χ0v) is 20.4. The highest BCUT2D eigenvalue weighted by Gasteiger charge is 2.23. The van der Waals surface area contributed by atoms with Gasteiger partial charge in [0, 0.05) is 21.3 Å². The van der Waals surface area contributed by atoms with Gasteiger partial charge in [0.1, 0.15) is 5.75 Å². The number of halogens is 1. The molecule has 4 rings (SSSR count). The second-order valence-electron chi connectivity index (χ2n) is 7.34. The van der Waals surface area contributed by atoms with Crippen molar-refractivity contribution in [1.82, 2.24) is 14.8 Å². The van der Waals surface area contributed by atoms with Gasteiger partial charge < -0.3 is 4.74 Å². The molecular weight excluding hydrogens is 486 g/mol. The van der Waals surface area contributed by atoms with Gasteiger partial charge in [0.25, 0.3) is 0 Å². The van der Waals surface area contributed by atoms with Crippen LogP contribution < -0.4 is 4.74 Å². The van der Waals surface area contributed by atoms with Crippen molar-refractivity contribution in [3.05, 3.63) is 88.4 Å². The maximum atomic E-state index is 13.0. The molecule has 5 nitrogen and oxygen atoms in total. The van der Waals surface area contributed by atoms with Gasteiger partial charge in [0.2, 0.25) is 0 Å². The first-order chi connectivity index (χ1) is 15.5. The number of ketones is 1. The van der Waals surface area contributed by atoms with E-state index in [1.165, 1.54) is 11.8 Å². The zero-order valence-electron chi connectivity index (χ0n) is 17.9. The summed E-state index contributed by atoms with van der Waals surface area (Å²) in [7, 11) is 1.61. The molecule has 0 amide bonds. The summed E-state index contributed by atoms with van der Waals surface area (Å²) < 4.78 is 8.20. The van der Waals surface area contributed by atoms with Crippen molar-refractivity contribution in [3.63, 3.8) is 0 Å². The summed E-state index contributed by atoms with van der Waals surface area (Å²) in [6.45, 7) is 3.95. The molecular formula is C25H22BrN3O2S. The third-order valence-corrected chi connectivity index (χ3v) is 6.59. The normalized spacial score (nSPS) is 11.9. The molecule has 0 bridgehead atoms. The number of hydrogen-bond acceptors (Lipinski definition) is 5. The number of benzene rings is 3. The van der Waals surface area contributed by atoms with Crippen molar-refractivity contribution in [2.24, 2.45) is 0 Å². The van der Waals surface area contributed by atoms with Gasteiger partial charge in [-0.2, -0.15) is 0 Å². The molecule has 1 heterocycles. The molecule has 162 valence electrons. The van der Waals surface area contributed by atoms with E-state index in [1.807, 2.05) is 47.9 Å². The van der Waals surface area contributed by atoms with Crippen LogP contribution in [0.3, 0.4) is 0 Å². The third-order valence-electron chi connectivity index (χ3n) is 5.02. The molecule has 1 unspecified atom stereocenters. The molecule has 1 atom stereocenters. The number of thioether (sulfide) groups is 1. The first kappa shape index (κ1) is 22.3. The fraction of sp³-hybridized carbons (Fsp3) is 0.160. The summed E-state index contributed by atoms with van der Waals surface area (Å²) in [4.78, 5) is 13.0. The summed E-state index contributed by atoms with van der Waals surface area (Å²) >= 11 is 4.89. The zero-order chi connectivity index (χ0) is 22.7. The number of hydrogen-bond donors (Lipinski definition) is 0. The molecule has 3 aromatic carbocycles. The highest BCUT2D eigenvalue weighted by atomic mass is 79.9. The standard InChI is InChI=1S/C25H22BrN3O2S/c1-16-5-4-6-21(15-16)29-24(19-7-11-20(26)12-8-19)27-28-25(29)32-17(2)23(30)18-9-13-22(31-3)14-10-18/h4-15,17H,1-3H3. The summed E-state index contributed by atoms with van der Waals surface area (Å²) in [5.41, 5.74) is 3.68. The molecule has 0 N–H and O–H groups in total. The molecule has 0 aliphatic rings. The number of aryl methyl sites for hydroxylation is 1. The van der Waals surface area contributed by atoms with Crippen LogP contribution in [0.2, 0.25) is 0 Å². The van der Waals surface area contributed by atoms with E-state index in [-0.39, 0.29) is 11.0 Å². The van der Waals surface area contributed by atoms with Crippen molar-refractivity contribution in [3.8, 4) is 22.8 Å². The molecule has 0 fully saturated rings. The molecule has 0 aliphatic heterocycles. The van der Waals surface area contributed by atoms with E-state index < -0.39 is 0 Å². The summed E-state index contributed by atoms with van der Waals surface area (Å²) in [5, 5.41) is 9.27. The number of rotatable bonds is 7. The smallest absolute Gasteiger partial charge is 0.196 e. The minimum atomic E-state index is -0.339. The Labute approximate surface area is 200 Å². The van der Waals surface area contributed by atoms with E-state index in [0.29, 0.717) is 10.7 Å². The van der Waals surface area contributed by atoms with Crippen molar-refractivity contribution in [1.29, 1.82) is 0 Å². The van der Waals surface area contributed by atoms with E-state index in [9.17, 15) is 4.79 Å². The maximum Gasteiger partial charge on any atom is 0.196 e. The van der Waals surface area contributed by atoms with Gasteiger partial charge in [0.05, 0.1) is 12.4 Å². The molecule has 4 aromatic rings. The maximum absolute atomic E-state index is 13.0. The van der Waals surface area contributed by atoms with Crippen LogP contribution in [-0.2, 0) is 0 Å². The van der Waals surface area contributed by atoms with Gasteiger partial charge in [-0.1, -0.05) is 52.0 Å². The molecule has 1 aromatic heterocycles. The Morgan fingerprint density at radius 3 is 2.41 bits per heavy atom. The van der Waals surface area contributed by atoms with Crippen molar-refractivity contribution in [2.75, 3.05) is 7.11 Å². The monoisotopic (exact) mass is 507 g/mol. The predicted octanol–water partition coefficient (Wildman–Crippen LogP) is 6.38. The average molecular weight is 508 g/mol. The Bertz CT molecular complexity index is 1240. The largest absolute Gasteiger partial charge is 0.497 e. The van der Waals surface area contributed by atoms with E-state index in [1.54, 1.807) is 31.4 Å². The van der Waals surface area contributed by atoms with Crippen molar-refractivity contribution in [2.45, 2.75) is 24.3 Å². The number of ether oxygens (including phenoxy) is 1. The molecule has 0 aliphatic carbocycles. The van der Waals surface area contributed by atoms with Crippen LogP contribution in [0.25, 0.3) is 17.1 Å². The van der Waals surface area contributed by atoms with Crippen LogP contribution in [0, 0.1) is 6.92 Å². The first-order valence-electron chi connectivity index (χ1n) is 10.1. The number of carbonyl (C=O) groups is 1. The van der Waals surface area contributed by atoms with E-state index in [4.69, 9.17) is 4.74 Å². The number of nitrogens with zero attached hydrogens (tertiary/aromatic N) is 3. The van der Waals surface area contributed by atoms with E-state index in [0.717, 1.165) is 32.9 Å². The molecule has 32 heavy (non-hydrogen) atoms. The lowest BCUT2D eigenvalue weighted by molar-refractivity contribution is 0.0994. The average Bonchev–Trinajstić information content (AvgIpc) is 3.22. The quantitative estimate of drug-likeness (QED) is 0.214. The first-order valence-corrected chi connectivity index (χ1v) is 11.8. The van der Waals surface area contributed by atoms with Gasteiger partial charge in [0.15, 0.2) is 16.8 Å². The molecule has 7 heteroatoms. The van der Waals surface area contributed by atoms with Crippen molar-refractivity contribution >= 4 is 33.5 Å². The Hall–Kier alpha value is -2.90. The van der Waals surface area contributed by atoms with Gasteiger partial charge in [-0.05, 0) is 67.9 Å². The van der Waals surface area contributed by atoms with Crippen LogP contribution in [-0.4, -0.2) is 32.9 Å². The SMILES string of the molecule is COc1ccc(C(=O)C(C)Sc2nnc(-c3ccc(Br)cc3)n2-c2cccc(C)c2)cc1. The highest BCUT2D eigenvalue weighted by molar-refractivity contribution is 9.10. The Morgan fingerprint density at radius 1 is 1.03 bits per heavy atom. The second-order valence-corrected chi connectivity index (χ2v) is 9.56. The minimum Gasteiger partial charge on any atom is -0.497 e. The van der Waals surface area contributed by atoms with Gasteiger partial charge in [-0.15, -0.1) is 10.2 Å². The fourth-order valence-electron chi connectivity index (χ4n) is 3.33. The molecule has 0 saturated carbocycles. The lowest BCUT2D eigenvalue weighted by Crippen LogP contribution is -2.14. The molecule has 0 radical (unpaired) electrons.